The SMILES string of the molecule is O=[N+]([O-])c1ccc2c(/N=N/c3ccc4ccccc4c3O)c(O)cc(S(=O)(=O)[O-])c2c1.[Na+]. The molecule has 10 nitrogen and oxygen atoms in total. The molecule has 0 aliphatic carbocycles. The number of non-ortho nitro benzene ring substituents is 1. The number of aromatic hydroxyl groups is 2. The van der Waals surface area contributed by atoms with Crippen molar-refractivity contribution in [3.63, 3.8) is 0 Å². The molecule has 0 bridgehead atoms. The zero-order valence-corrected chi connectivity index (χ0v) is 19.3. The smallest absolute Gasteiger partial charge is 0.744 e. The van der Waals surface area contributed by atoms with Gasteiger partial charge in [0, 0.05) is 34.4 Å². The minimum atomic E-state index is -5.05. The Bertz CT molecular complexity index is 1520. The summed E-state index contributed by atoms with van der Waals surface area (Å²) in [5.41, 5.74) is -0.586. The largest absolute Gasteiger partial charge is 1.00 e. The van der Waals surface area contributed by atoms with Gasteiger partial charge in [0.2, 0.25) is 0 Å². The topological polar surface area (TPSA) is 166 Å². The van der Waals surface area contributed by atoms with Gasteiger partial charge in [-0.2, -0.15) is 0 Å². The number of nitro benzene ring substituents is 1. The van der Waals surface area contributed by atoms with Gasteiger partial charge < -0.3 is 14.8 Å². The van der Waals surface area contributed by atoms with Gasteiger partial charge in [0.1, 0.15) is 27.2 Å². The molecule has 12 heteroatoms. The Labute approximate surface area is 203 Å². The van der Waals surface area contributed by atoms with Crippen molar-refractivity contribution in [3.05, 3.63) is 70.8 Å². The van der Waals surface area contributed by atoms with Crippen LogP contribution >= 0.6 is 0 Å². The molecule has 32 heavy (non-hydrogen) atoms. The molecule has 0 amide bonds. The van der Waals surface area contributed by atoms with Crippen LogP contribution < -0.4 is 29.6 Å². The van der Waals surface area contributed by atoms with Gasteiger partial charge in [0.25, 0.3) is 5.69 Å². The van der Waals surface area contributed by atoms with E-state index in [-0.39, 0.29) is 57.5 Å². The first kappa shape index (κ1) is 23.6. The number of hydrogen-bond donors (Lipinski definition) is 2. The van der Waals surface area contributed by atoms with Crippen molar-refractivity contribution < 1.29 is 57.7 Å². The van der Waals surface area contributed by atoms with Crippen LogP contribution in [-0.4, -0.2) is 28.1 Å². The predicted octanol–water partition coefficient (Wildman–Crippen LogP) is 1.64. The number of phenols is 2. The first-order valence-corrected chi connectivity index (χ1v) is 10.1. The van der Waals surface area contributed by atoms with Crippen LogP contribution in [0.2, 0.25) is 0 Å². The summed E-state index contributed by atoms with van der Waals surface area (Å²) in [6, 6.07) is 14.0. The maximum Gasteiger partial charge on any atom is 1.00 e. The first-order valence-electron chi connectivity index (χ1n) is 8.69. The van der Waals surface area contributed by atoms with E-state index in [1.807, 2.05) is 0 Å². The van der Waals surface area contributed by atoms with Crippen LogP contribution in [0.15, 0.2) is 75.8 Å². The Morgan fingerprint density at radius 1 is 0.875 bits per heavy atom. The van der Waals surface area contributed by atoms with E-state index in [1.165, 1.54) is 6.07 Å². The summed E-state index contributed by atoms with van der Waals surface area (Å²) < 4.78 is 34.8. The van der Waals surface area contributed by atoms with Gasteiger partial charge >= 0.3 is 29.6 Å². The molecule has 0 aliphatic rings. The molecular formula is C20H12N3NaO7S. The number of azo groups is 1. The van der Waals surface area contributed by atoms with Gasteiger partial charge in [-0.05, 0) is 17.5 Å². The van der Waals surface area contributed by atoms with Gasteiger partial charge in [0.05, 0.1) is 9.82 Å². The normalized spacial score (nSPS) is 11.7. The van der Waals surface area contributed by atoms with Gasteiger partial charge in [-0.1, -0.05) is 30.3 Å². The summed E-state index contributed by atoms with van der Waals surface area (Å²) in [4.78, 5) is 9.50. The van der Waals surface area contributed by atoms with E-state index in [9.17, 15) is 33.3 Å². The second-order valence-corrected chi connectivity index (χ2v) is 7.89. The van der Waals surface area contributed by atoms with Gasteiger partial charge in [-0.3, -0.25) is 10.1 Å². The standard InChI is InChI=1S/C20H13N3O7S.Na/c24-17-10-18(31(28,29)30)15-9-12(23(26)27)6-7-14(15)19(17)22-21-16-8-5-11-3-1-2-4-13(11)20(16)25;/h1-10,24-25H,(H,28,29,30);/q;+1/p-1/b22-21+;. The number of hydrogen-bond acceptors (Lipinski definition) is 9. The first-order chi connectivity index (χ1) is 14.7. The third kappa shape index (κ3) is 4.29. The van der Waals surface area contributed by atoms with Gasteiger partial charge in [0.15, 0.2) is 5.75 Å². The van der Waals surface area contributed by atoms with Crippen LogP contribution in [-0.2, 0) is 10.1 Å². The molecule has 4 aromatic carbocycles. The Balaban J connectivity index is 0.00000289. The second-order valence-electron chi connectivity index (χ2n) is 6.54. The van der Waals surface area contributed by atoms with E-state index < -0.39 is 31.4 Å². The molecule has 0 saturated heterocycles. The van der Waals surface area contributed by atoms with Crippen molar-refractivity contribution in [1.82, 2.24) is 0 Å². The van der Waals surface area contributed by atoms with Crippen LogP contribution in [0.25, 0.3) is 21.5 Å². The molecule has 0 fully saturated rings. The van der Waals surface area contributed by atoms with Crippen molar-refractivity contribution in [3.8, 4) is 11.5 Å². The van der Waals surface area contributed by atoms with Gasteiger partial charge in [-0.25, -0.2) is 8.42 Å². The molecule has 0 aromatic heterocycles. The van der Waals surface area contributed by atoms with E-state index in [4.69, 9.17) is 0 Å². The summed E-state index contributed by atoms with van der Waals surface area (Å²) in [5, 5.41) is 40.6. The van der Waals surface area contributed by atoms with Crippen LogP contribution in [0.5, 0.6) is 11.5 Å². The Kier molecular flexibility index (Phi) is 6.49. The molecular weight excluding hydrogens is 449 g/mol. The van der Waals surface area contributed by atoms with Crippen LogP contribution in [0.1, 0.15) is 0 Å². The number of rotatable bonds is 4. The van der Waals surface area contributed by atoms with Crippen molar-refractivity contribution in [2.45, 2.75) is 4.90 Å². The maximum atomic E-state index is 11.6. The molecule has 0 radical (unpaired) electrons. The van der Waals surface area contributed by atoms with E-state index in [2.05, 4.69) is 10.2 Å². The van der Waals surface area contributed by atoms with Crippen molar-refractivity contribution in [2.75, 3.05) is 0 Å². The molecule has 4 rings (SSSR count). The monoisotopic (exact) mass is 461 g/mol. The van der Waals surface area contributed by atoms with E-state index in [0.29, 0.717) is 11.5 Å². The van der Waals surface area contributed by atoms with Crippen molar-refractivity contribution in [1.29, 1.82) is 0 Å². The number of nitrogens with zero attached hydrogens (tertiary/aromatic N) is 3. The zero-order valence-electron chi connectivity index (χ0n) is 16.5. The Morgan fingerprint density at radius 2 is 1.59 bits per heavy atom. The van der Waals surface area contributed by atoms with Crippen molar-refractivity contribution in [2.24, 2.45) is 10.2 Å². The summed E-state index contributed by atoms with van der Waals surface area (Å²) in [6.07, 6.45) is 0. The fourth-order valence-corrected chi connectivity index (χ4v) is 3.90. The third-order valence-electron chi connectivity index (χ3n) is 4.65. The van der Waals surface area contributed by atoms with Crippen LogP contribution in [0.3, 0.4) is 0 Å². The average Bonchev–Trinajstić information content (AvgIpc) is 2.73. The maximum absolute atomic E-state index is 11.6. The molecule has 0 saturated carbocycles. The zero-order chi connectivity index (χ0) is 22.3. The summed E-state index contributed by atoms with van der Waals surface area (Å²) in [7, 11) is -5.05. The van der Waals surface area contributed by atoms with Crippen LogP contribution in [0.4, 0.5) is 17.1 Å². The number of fused-ring (bicyclic) bond motifs is 2. The molecule has 2 N–H and O–H groups in total. The molecule has 0 atom stereocenters. The molecule has 4 aromatic rings. The van der Waals surface area contributed by atoms with Gasteiger partial charge in [-0.15, -0.1) is 10.2 Å². The summed E-state index contributed by atoms with van der Waals surface area (Å²) >= 11 is 0. The fraction of sp³-hybridized carbons (Fsp3) is 0. The Morgan fingerprint density at radius 3 is 2.28 bits per heavy atom. The van der Waals surface area contributed by atoms with E-state index in [0.717, 1.165) is 23.6 Å². The third-order valence-corrected chi connectivity index (χ3v) is 5.53. The molecule has 0 unspecified atom stereocenters. The number of phenolic OH excluding ortho intramolecular Hbond substituents is 2. The quantitative estimate of drug-likeness (QED) is 0.153. The number of benzene rings is 4. The molecule has 156 valence electrons. The fourth-order valence-electron chi connectivity index (χ4n) is 3.20. The van der Waals surface area contributed by atoms with E-state index >= 15 is 0 Å². The number of nitro groups is 1. The summed E-state index contributed by atoms with van der Waals surface area (Å²) in [5.74, 6) is -0.820. The second kappa shape index (κ2) is 8.81. The molecule has 0 heterocycles. The average molecular weight is 461 g/mol. The minimum absolute atomic E-state index is 0. The minimum Gasteiger partial charge on any atom is -0.744 e. The van der Waals surface area contributed by atoms with Crippen LogP contribution in [0, 0.1) is 10.1 Å². The Hall–Kier alpha value is -3.09. The summed E-state index contributed by atoms with van der Waals surface area (Å²) in [6.45, 7) is 0. The predicted molar refractivity (Wildman–Crippen MR) is 110 cm³/mol. The molecule has 0 aliphatic heterocycles. The van der Waals surface area contributed by atoms with E-state index in [1.54, 1.807) is 30.3 Å². The van der Waals surface area contributed by atoms with Crippen molar-refractivity contribution >= 4 is 48.7 Å². The molecule has 0 spiro atoms.